The van der Waals surface area contributed by atoms with E-state index in [0.717, 1.165) is 0 Å². The number of carbonyl (C=O) groups is 3. The minimum atomic E-state index is -0.985. The Balaban J connectivity index is 2.92. The van der Waals surface area contributed by atoms with Gasteiger partial charge in [0, 0.05) is 0 Å². The predicted molar refractivity (Wildman–Crippen MR) is 86.1 cm³/mol. The van der Waals surface area contributed by atoms with Crippen molar-refractivity contribution in [2.75, 3.05) is 5.75 Å². The molecule has 1 aliphatic heterocycles. The Kier molecular flexibility index (Phi) is 8.43. The normalized spacial score (nSPS) is 27.4. The van der Waals surface area contributed by atoms with Gasteiger partial charge in [-0.25, -0.2) is 0 Å². The van der Waals surface area contributed by atoms with Gasteiger partial charge in [0.15, 0.2) is 0 Å². The van der Waals surface area contributed by atoms with Gasteiger partial charge in [0.2, 0.25) is 0 Å². The second kappa shape index (κ2) is 9.54. The number of ether oxygens (including phenoxy) is 4. The molecule has 1 heterocycles. The first-order chi connectivity index (χ1) is 10.7. The van der Waals surface area contributed by atoms with E-state index in [1.165, 1.54) is 20.8 Å². The SMILES string of the molecule is CC(=O)O[C@H]1C[C@@H](OC(C)=O)[C@H](OC(C)=O)[C@@H](CS[As](C)C)O1. The Hall–Kier alpha value is -0.722. The predicted octanol–water partition coefficient (Wildman–Crippen LogP) is 1.51. The molecular weight excluding hydrogens is 387 g/mol. The van der Waals surface area contributed by atoms with Gasteiger partial charge < -0.3 is 0 Å². The summed E-state index contributed by atoms with van der Waals surface area (Å²) in [5.74, 6) is -0.854. The zero-order valence-electron chi connectivity index (χ0n) is 13.9. The maximum atomic E-state index is 11.4. The molecule has 0 aromatic rings. The first kappa shape index (κ1) is 20.3. The van der Waals surface area contributed by atoms with Gasteiger partial charge in [-0.05, 0) is 0 Å². The van der Waals surface area contributed by atoms with Crippen molar-refractivity contribution in [2.45, 2.75) is 63.2 Å². The van der Waals surface area contributed by atoms with Gasteiger partial charge >= 0.3 is 144 Å². The third kappa shape index (κ3) is 7.59. The Morgan fingerprint density at radius 1 is 1.04 bits per heavy atom. The molecule has 0 radical (unpaired) electrons. The molecule has 0 aliphatic carbocycles. The molecule has 1 saturated heterocycles. The van der Waals surface area contributed by atoms with Gasteiger partial charge in [0.05, 0.1) is 0 Å². The van der Waals surface area contributed by atoms with Crippen LogP contribution in [0.3, 0.4) is 0 Å². The summed E-state index contributed by atoms with van der Waals surface area (Å²) in [7, 11) is 1.76. The van der Waals surface area contributed by atoms with Crippen molar-refractivity contribution in [3.63, 3.8) is 0 Å². The molecule has 0 saturated carbocycles. The van der Waals surface area contributed by atoms with Crippen LogP contribution in [0.5, 0.6) is 0 Å². The fourth-order valence-corrected chi connectivity index (χ4v) is 5.70. The van der Waals surface area contributed by atoms with E-state index in [4.69, 9.17) is 18.9 Å². The van der Waals surface area contributed by atoms with Gasteiger partial charge in [-0.1, -0.05) is 0 Å². The standard InChI is InChI=1S/C14H23AsO7S/c1-8(16)19-11-6-13(20-9(2)17)22-12(7-23-15(4)5)14(11)21-10(3)18/h11-14H,6-7H2,1-5H3/t11-,12-,13-,14+/m1/s1. The number of rotatable bonds is 6. The molecule has 1 aliphatic rings. The summed E-state index contributed by atoms with van der Waals surface area (Å²) in [5.41, 5.74) is 4.35. The Labute approximate surface area is 144 Å². The summed E-state index contributed by atoms with van der Waals surface area (Å²) in [6.07, 6.45) is -2.58. The molecule has 1 fully saturated rings. The average Bonchev–Trinajstić information content (AvgIpc) is 2.37. The monoisotopic (exact) mass is 410 g/mol. The number of hydrogen-bond donors (Lipinski definition) is 0. The van der Waals surface area contributed by atoms with E-state index < -0.39 is 56.0 Å². The van der Waals surface area contributed by atoms with E-state index in [0.29, 0.717) is 5.75 Å². The van der Waals surface area contributed by atoms with Crippen molar-refractivity contribution in [2.24, 2.45) is 0 Å². The molecule has 0 spiro atoms. The molecule has 9 heteroatoms. The number of hydrogen-bond acceptors (Lipinski definition) is 8. The second-order valence-electron chi connectivity index (χ2n) is 5.28. The fraction of sp³-hybridized carbons (Fsp3) is 0.786. The van der Waals surface area contributed by atoms with Crippen LogP contribution in [0.25, 0.3) is 0 Å². The van der Waals surface area contributed by atoms with Gasteiger partial charge in [-0.3, -0.25) is 0 Å². The molecule has 23 heavy (non-hydrogen) atoms. The van der Waals surface area contributed by atoms with Crippen LogP contribution in [0.2, 0.25) is 11.4 Å². The zero-order chi connectivity index (χ0) is 17.6. The first-order valence-electron chi connectivity index (χ1n) is 7.16. The molecular formula is C14H23AsO7S. The summed E-state index contributed by atoms with van der Waals surface area (Å²) < 4.78 is 21.5. The second-order valence-corrected chi connectivity index (χ2v) is 14.7. The molecule has 0 N–H and O–H groups in total. The van der Waals surface area contributed by atoms with Gasteiger partial charge in [0.1, 0.15) is 0 Å². The van der Waals surface area contributed by atoms with Crippen molar-refractivity contribution in [3.8, 4) is 0 Å². The van der Waals surface area contributed by atoms with Gasteiger partial charge in [-0.2, -0.15) is 0 Å². The van der Waals surface area contributed by atoms with E-state index in [-0.39, 0.29) is 6.42 Å². The number of esters is 3. The van der Waals surface area contributed by atoms with Crippen LogP contribution in [0.4, 0.5) is 0 Å². The first-order valence-corrected chi connectivity index (χ1v) is 14.2. The molecule has 0 bridgehead atoms. The van der Waals surface area contributed by atoms with Crippen molar-refractivity contribution in [3.05, 3.63) is 0 Å². The van der Waals surface area contributed by atoms with Crippen LogP contribution < -0.4 is 0 Å². The Bertz CT molecular complexity index is 443. The van der Waals surface area contributed by atoms with E-state index in [9.17, 15) is 14.4 Å². The quantitative estimate of drug-likeness (QED) is 0.370. The van der Waals surface area contributed by atoms with E-state index in [1.807, 2.05) is 0 Å². The van der Waals surface area contributed by atoms with Crippen LogP contribution in [0.1, 0.15) is 27.2 Å². The molecule has 4 atom stereocenters. The average molecular weight is 410 g/mol. The summed E-state index contributed by atoms with van der Waals surface area (Å²) in [6, 6.07) is 0. The number of carbonyl (C=O) groups excluding carboxylic acids is 3. The third-order valence-corrected chi connectivity index (χ3v) is 8.08. The minimum absolute atomic E-state index is 0.137. The Morgan fingerprint density at radius 3 is 2.09 bits per heavy atom. The van der Waals surface area contributed by atoms with Crippen molar-refractivity contribution >= 4 is 41.4 Å². The Morgan fingerprint density at radius 2 is 1.61 bits per heavy atom. The van der Waals surface area contributed by atoms with Crippen molar-refractivity contribution in [1.29, 1.82) is 0 Å². The molecule has 0 amide bonds. The van der Waals surface area contributed by atoms with Crippen molar-refractivity contribution < 1.29 is 33.3 Å². The molecule has 7 nitrogen and oxygen atoms in total. The van der Waals surface area contributed by atoms with Crippen LogP contribution in [0.15, 0.2) is 0 Å². The van der Waals surface area contributed by atoms with Crippen LogP contribution in [0, 0.1) is 0 Å². The molecule has 0 aromatic heterocycles. The van der Waals surface area contributed by atoms with Gasteiger partial charge in [-0.15, -0.1) is 0 Å². The zero-order valence-corrected chi connectivity index (χ0v) is 16.6. The third-order valence-electron chi connectivity index (χ3n) is 2.90. The van der Waals surface area contributed by atoms with Crippen LogP contribution >= 0.6 is 10.0 Å². The molecule has 0 aromatic carbocycles. The molecule has 132 valence electrons. The maximum absolute atomic E-state index is 11.4. The molecule has 0 unspecified atom stereocenters. The molecule has 1 rings (SSSR count). The summed E-state index contributed by atoms with van der Waals surface area (Å²) in [4.78, 5) is 33.9. The fourth-order valence-electron chi connectivity index (χ4n) is 2.18. The van der Waals surface area contributed by atoms with Gasteiger partial charge in [0.25, 0.3) is 0 Å². The van der Waals surface area contributed by atoms with E-state index in [2.05, 4.69) is 11.4 Å². The summed E-state index contributed by atoms with van der Waals surface area (Å²) in [6.45, 7) is 3.87. The summed E-state index contributed by atoms with van der Waals surface area (Å²) in [5, 5.41) is 0. The van der Waals surface area contributed by atoms with E-state index in [1.54, 1.807) is 10.0 Å². The van der Waals surface area contributed by atoms with Crippen LogP contribution in [-0.2, 0) is 33.3 Å². The summed E-state index contributed by atoms with van der Waals surface area (Å²) >= 11 is -0.985. The van der Waals surface area contributed by atoms with Crippen molar-refractivity contribution in [1.82, 2.24) is 0 Å². The van der Waals surface area contributed by atoms with E-state index >= 15 is 0 Å². The topological polar surface area (TPSA) is 88.1 Å². The van der Waals surface area contributed by atoms with Crippen LogP contribution in [-0.4, -0.2) is 61.8 Å².